The molecule has 0 radical (unpaired) electrons. The monoisotopic (exact) mass is 223 g/mol. The van der Waals surface area contributed by atoms with Gasteiger partial charge in [0.05, 0.1) is 0 Å². The minimum atomic E-state index is 0.350. The fourth-order valence-corrected chi connectivity index (χ4v) is 2.06. The third-order valence-corrected chi connectivity index (χ3v) is 3.43. The number of anilines is 1. The van der Waals surface area contributed by atoms with E-state index < -0.39 is 0 Å². The van der Waals surface area contributed by atoms with Gasteiger partial charge in [0.25, 0.3) is 0 Å². The summed E-state index contributed by atoms with van der Waals surface area (Å²) in [6.07, 6.45) is 6.12. The average Bonchev–Trinajstić information content (AvgIpc) is 2.75. The van der Waals surface area contributed by atoms with Crippen molar-refractivity contribution in [3.63, 3.8) is 0 Å². The van der Waals surface area contributed by atoms with Crippen LogP contribution in [0.4, 0.5) is 5.95 Å². The van der Waals surface area contributed by atoms with Crippen molar-refractivity contribution in [3.8, 4) is 0 Å². The molecule has 0 aliphatic carbocycles. The summed E-state index contributed by atoms with van der Waals surface area (Å²) in [4.78, 5) is 4.32. The normalized spacial score (nSPS) is 19.6. The van der Waals surface area contributed by atoms with Crippen LogP contribution in [0.2, 0.25) is 0 Å². The van der Waals surface area contributed by atoms with Crippen molar-refractivity contribution in [1.29, 1.82) is 0 Å². The van der Waals surface area contributed by atoms with Crippen LogP contribution in [-0.4, -0.2) is 29.3 Å². The van der Waals surface area contributed by atoms with Crippen LogP contribution in [-0.2, 0) is 11.3 Å². The number of imidazole rings is 1. The predicted molar refractivity (Wildman–Crippen MR) is 64.6 cm³/mol. The van der Waals surface area contributed by atoms with Crippen molar-refractivity contribution >= 4 is 5.95 Å². The zero-order valence-electron chi connectivity index (χ0n) is 10.2. The van der Waals surface area contributed by atoms with Gasteiger partial charge in [-0.3, -0.25) is 0 Å². The highest BCUT2D eigenvalue weighted by Crippen LogP contribution is 2.29. The average molecular weight is 223 g/mol. The SMILES string of the molecule is CCn1ccnc1NCC1(C)CCOCC1. The van der Waals surface area contributed by atoms with Crippen molar-refractivity contribution in [3.05, 3.63) is 12.4 Å². The lowest BCUT2D eigenvalue weighted by Crippen LogP contribution is -2.33. The largest absolute Gasteiger partial charge is 0.381 e. The molecule has 2 heterocycles. The molecular formula is C12H21N3O. The molecule has 0 amide bonds. The van der Waals surface area contributed by atoms with E-state index in [0.29, 0.717) is 5.41 Å². The fourth-order valence-electron chi connectivity index (χ4n) is 2.06. The molecule has 1 aromatic heterocycles. The van der Waals surface area contributed by atoms with E-state index in [1.807, 2.05) is 12.4 Å². The lowest BCUT2D eigenvalue weighted by atomic mass is 9.82. The minimum Gasteiger partial charge on any atom is -0.381 e. The van der Waals surface area contributed by atoms with Crippen molar-refractivity contribution in [2.75, 3.05) is 25.1 Å². The molecular weight excluding hydrogens is 202 g/mol. The molecule has 1 saturated heterocycles. The van der Waals surface area contributed by atoms with Gasteiger partial charge in [0.1, 0.15) is 0 Å². The Hall–Kier alpha value is -1.03. The Bertz CT molecular complexity index is 329. The van der Waals surface area contributed by atoms with Crippen LogP contribution in [0, 0.1) is 5.41 Å². The first-order chi connectivity index (χ1) is 7.73. The van der Waals surface area contributed by atoms with Gasteiger partial charge in [-0.15, -0.1) is 0 Å². The molecule has 90 valence electrons. The summed E-state index contributed by atoms with van der Waals surface area (Å²) in [7, 11) is 0. The Morgan fingerprint density at radius 1 is 1.50 bits per heavy atom. The topological polar surface area (TPSA) is 39.1 Å². The van der Waals surface area contributed by atoms with E-state index in [2.05, 4.69) is 28.7 Å². The molecule has 2 rings (SSSR count). The Balaban J connectivity index is 1.91. The molecule has 0 aromatic carbocycles. The van der Waals surface area contributed by atoms with E-state index in [-0.39, 0.29) is 0 Å². The lowest BCUT2D eigenvalue weighted by Gasteiger charge is -2.33. The molecule has 1 aromatic rings. The molecule has 0 unspecified atom stereocenters. The molecule has 4 nitrogen and oxygen atoms in total. The smallest absolute Gasteiger partial charge is 0.202 e. The van der Waals surface area contributed by atoms with Crippen molar-refractivity contribution in [2.24, 2.45) is 5.41 Å². The lowest BCUT2D eigenvalue weighted by molar-refractivity contribution is 0.0299. The quantitative estimate of drug-likeness (QED) is 0.850. The number of aromatic nitrogens is 2. The predicted octanol–water partition coefficient (Wildman–Crippen LogP) is 2.13. The fraction of sp³-hybridized carbons (Fsp3) is 0.750. The van der Waals surface area contributed by atoms with Crippen LogP contribution in [0.5, 0.6) is 0 Å². The second-order valence-corrected chi connectivity index (χ2v) is 4.81. The molecule has 16 heavy (non-hydrogen) atoms. The van der Waals surface area contributed by atoms with E-state index in [0.717, 1.165) is 45.1 Å². The molecule has 4 heteroatoms. The third-order valence-electron chi connectivity index (χ3n) is 3.43. The Kier molecular flexibility index (Phi) is 3.49. The molecule has 1 N–H and O–H groups in total. The highest BCUT2D eigenvalue weighted by atomic mass is 16.5. The summed E-state index contributed by atoms with van der Waals surface area (Å²) in [5.74, 6) is 0.982. The number of rotatable bonds is 4. The molecule has 1 fully saturated rings. The molecule has 0 bridgehead atoms. The summed E-state index contributed by atoms with van der Waals surface area (Å²) in [6, 6.07) is 0. The zero-order valence-corrected chi connectivity index (χ0v) is 10.2. The van der Waals surface area contributed by atoms with Gasteiger partial charge < -0.3 is 14.6 Å². The Morgan fingerprint density at radius 2 is 2.25 bits per heavy atom. The van der Waals surface area contributed by atoms with Crippen LogP contribution in [0.15, 0.2) is 12.4 Å². The van der Waals surface area contributed by atoms with Crippen LogP contribution < -0.4 is 5.32 Å². The van der Waals surface area contributed by atoms with E-state index in [1.165, 1.54) is 0 Å². The van der Waals surface area contributed by atoms with Crippen molar-refractivity contribution in [1.82, 2.24) is 9.55 Å². The minimum absolute atomic E-state index is 0.350. The number of hydrogen-bond donors (Lipinski definition) is 1. The Labute approximate surface area is 97.0 Å². The van der Waals surface area contributed by atoms with Crippen molar-refractivity contribution in [2.45, 2.75) is 33.2 Å². The molecule has 1 aliphatic heterocycles. The molecule has 1 aliphatic rings. The van der Waals surface area contributed by atoms with Gasteiger partial charge in [-0.2, -0.15) is 0 Å². The maximum absolute atomic E-state index is 5.40. The zero-order chi connectivity index (χ0) is 11.4. The van der Waals surface area contributed by atoms with Gasteiger partial charge in [-0.1, -0.05) is 6.92 Å². The second-order valence-electron chi connectivity index (χ2n) is 4.81. The van der Waals surface area contributed by atoms with E-state index >= 15 is 0 Å². The first-order valence-electron chi connectivity index (χ1n) is 6.06. The molecule has 0 spiro atoms. The van der Waals surface area contributed by atoms with Crippen LogP contribution in [0.3, 0.4) is 0 Å². The van der Waals surface area contributed by atoms with Gasteiger partial charge in [0.15, 0.2) is 0 Å². The van der Waals surface area contributed by atoms with Gasteiger partial charge in [0.2, 0.25) is 5.95 Å². The van der Waals surface area contributed by atoms with Gasteiger partial charge in [-0.25, -0.2) is 4.98 Å². The Morgan fingerprint density at radius 3 is 2.94 bits per heavy atom. The number of aryl methyl sites for hydroxylation is 1. The molecule has 0 saturated carbocycles. The number of hydrogen-bond acceptors (Lipinski definition) is 3. The second kappa shape index (κ2) is 4.87. The summed E-state index contributed by atoms with van der Waals surface area (Å²) >= 11 is 0. The number of nitrogens with zero attached hydrogens (tertiary/aromatic N) is 2. The van der Waals surface area contributed by atoms with Gasteiger partial charge in [-0.05, 0) is 25.2 Å². The highest BCUT2D eigenvalue weighted by Gasteiger charge is 2.27. The van der Waals surface area contributed by atoms with Gasteiger partial charge in [0, 0.05) is 38.7 Å². The summed E-state index contributed by atoms with van der Waals surface area (Å²) in [5.41, 5.74) is 0.350. The van der Waals surface area contributed by atoms with Crippen LogP contribution >= 0.6 is 0 Å². The number of nitrogens with one attached hydrogen (secondary N) is 1. The van der Waals surface area contributed by atoms with E-state index in [4.69, 9.17) is 4.74 Å². The first kappa shape index (κ1) is 11.5. The standard InChI is InChI=1S/C12H21N3O/c1-3-15-7-6-13-11(15)14-10-12(2)4-8-16-9-5-12/h6-7H,3-5,8-10H2,1-2H3,(H,13,14). The van der Waals surface area contributed by atoms with E-state index in [1.54, 1.807) is 0 Å². The first-order valence-corrected chi connectivity index (χ1v) is 6.06. The van der Waals surface area contributed by atoms with Crippen molar-refractivity contribution < 1.29 is 4.74 Å². The summed E-state index contributed by atoms with van der Waals surface area (Å²) < 4.78 is 7.53. The summed E-state index contributed by atoms with van der Waals surface area (Å²) in [6.45, 7) is 8.17. The summed E-state index contributed by atoms with van der Waals surface area (Å²) in [5, 5.41) is 3.45. The highest BCUT2D eigenvalue weighted by molar-refractivity contribution is 5.26. The maximum atomic E-state index is 5.40. The molecule has 0 atom stereocenters. The van der Waals surface area contributed by atoms with Gasteiger partial charge >= 0.3 is 0 Å². The maximum Gasteiger partial charge on any atom is 0.202 e. The van der Waals surface area contributed by atoms with Crippen LogP contribution in [0.1, 0.15) is 26.7 Å². The van der Waals surface area contributed by atoms with Crippen LogP contribution in [0.25, 0.3) is 0 Å². The third kappa shape index (κ3) is 2.55. The number of ether oxygens (including phenoxy) is 1. The van der Waals surface area contributed by atoms with E-state index in [9.17, 15) is 0 Å².